The van der Waals surface area contributed by atoms with Crippen LogP contribution in [0.4, 0.5) is 11.5 Å². The Morgan fingerprint density at radius 2 is 1.79 bits per heavy atom. The molecule has 0 atom stereocenters. The van der Waals surface area contributed by atoms with Crippen molar-refractivity contribution < 1.29 is 14.5 Å². The van der Waals surface area contributed by atoms with Crippen molar-refractivity contribution >= 4 is 23.3 Å². The fraction of sp³-hybridized carbons (Fsp3) is 0.0833. The van der Waals surface area contributed by atoms with Gasteiger partial charge in [-0.15, -0.1) is 0 Å². The number of nitro groups is 1. The highest BCUT2D eigenvalue weighted by Gasteiger charge is 2.15. The number of carbonyl (C=O) groups excluding carboxylic acids is 2. The Balaban J connectivity index is 1.49. The zero-order valence-corrected chi connectivity index (χ0v) is 18.1. The standard InChI is InChI=1S/C24H20N6O4/c1-16-12-22(27-24(32)19-5-2-6-21(13-19)30(33)34)29(28-16)20-9-7-18(8-10-20)23(31)26-15-17-4-3-11-25-14-17/h2-14H,15H2,1H3,(H,26,31)(H,27,32). The molecule has 0 saturated heterocycles. The van der Waals surface area contributed by atoms with Crippen LogP contribution in [-0.2, 0) is 6.54 Å². The molecule has 2 aromatic carbocycles. The maximum Gasteiger partial charge on any atom is 0.270 e. The van der Waals surface area contributed by atoms with E-state index in [0.29, 0.717) is 29.3 Å². The van der Waals surface area contributed by atoms with Crippen LogP contribution in [0.25, 0.3) is 5.69 Å². The van der Waals surface area contributed by atoms with Gasteiger partial charge in [0.2, 0.25) is 0 Å². The van der Waals surface area contributed by atoms with E-state index in [1.807, 2.05) is 6.07 Å². The van der Waals surface area contributed by atoms with Crippen LogP contribution in [0.5, 0.6) is 0 Å². The Morgan fingerprint density at radius 3 is 2.50 bits per heavy atom. The zero-order chi connectivity index (χ0) is 24.1. The van der Waals surface area contributed by atoms with Gasteiger partial charge >= 0.3 is 0 Å². The quantitative estimate of drug-likeness (QED) is 0.322. The molecule has 0 aliphatic carbocycles. The molecule has 2 amide bonds. The average molecular weight is 456 g/mol. The van der Waals surface area contributed by atoms with E-state index in [4.69, 9.17) is 0 Å². The second-order valence-electron chi connectivity index (χ2n) is 7.44. The first-order valence-electron chi connectivity index (χ1n) is 10.3. The molecule has 2 N–H and O–H groups in total. The molecule has 0 fully saturated rings. The third-order valence-corrected chi connectivity index (χ3v) is 4.94. The summed E-state index contributed by atoms with van der Waals surface area (Å²) >= 11 is 0. The van der Waals surface area contributed by atoms with Gasteiger partial charge in [-0.3, -0.25) is 24.7 Å². The average Bonchev–Trinajstić information content (AvgIpc) is 3.23. The summed E-state index contributed by atoms with van der Waals surface area (Å²) in [5.74, 6) is -0.342. The number of benzene rings is 2. The molecule has 10 heteroatoms. The second kappa shape index (κ2) is 9.74. The van der Waals surface area contributed by atoms with E-state index < -0.39 is 10.8 Å². The first-order chi connectivity index (χ1) is 16.4. The lowest BCUT2D eigenvalue weighted by atomic mass is 10.2. The number of carbonyl (C=O) groups is 2. The van der Waals surface area contributed by atoms with E-state index in [1.165, 1.54) is 28.9 Å². The van der Waals surface area contributed by atoms with Gasteiger partial charge in [0, 0.05) is 48.3 Å². The number of pyridine rings is 1. The minimum atomic E-state index is -0.556. The molecule has 0 unspecified atom stereocenters. The second-order valence-corrected chi connectivity index (χ2v) is 7.44. The Labute approximate surface area is 194 Å². The topological polar surface area (TPSA) is 132 Å². The third-order valence-electron chi connectivity index (χ3n) is 4.94. The number of rotatable bonds is 7. The van der Waals surface area contributed by atoms with Gasteiger partial charge < -0.3 is 10.6 Å². The smallest absolute Gasteiger partial charge is 0.270 e. The molecular weight excluding hydrogens is 436 g/mol. The summed E-state index contributed by atoms with van der Waals surface area (Å²) < 4.78 is 1.53. The fourth-order valence-electron chi connectivity index (χ4n) is 3.28. The molecule has 0 spiro atoms. The number of hydrogen-bond donors (Lipinski definition) is 2. The summed E-state index contributed by atoms with van der Waals surface area (Å²) in [4.78, 5) is 39.6. The largest absolute Gasteiger partial charge is 0.348 e. The number of amides is 2. The normalized spacial score (nSPS) is 10.5. The van der Waals surface area contributed by atoms with Gasteiger partial charge in [-0.25, -0.2) is 4.68 Å². The van der Waals surface area contributed by atoms with Gasteiger partial charge in [0.1, 0.15) is 5.82 Å². The third kappa shape index (κ3) is 5.13. The van der Waals surface area contributed by atoms with Crippen LogP contribution in [0.15, 0.2) is 79.1 Å². The van der Waals surface area contributed by atoms with Crippen molar-refractivity contribution in [2.75, 3.05) is 5.32 Å². The number of aromatic nitrogens is 3. The van der Waals surface area contributed by atoms with Crippen molar-refractivity contribution in [1.29, 1.82) is 0 Å². The van der Waals surface area contributed by atoms with Crippen LogP contribution in [0.2, 0.25) is 0 Å². The van der Waals surface area contributed by atoms with Gasteiger partial charge in [-0.05, 0) is 48.9 Å². The van der Waals surface area contributed by atoms with Gasteiger partial charge in [0.15, 0.2) is 0 Å². The molecule has 0 aliphatic heterocycles. The number of nitro benzene ring substituents is 1. The highest BCUT2D eigenvalue weighted by Crippen LogP contribution is 2.20. The molecule has 0 radical (unpaired) electrons. The van der Waals surface area contributed by atoms with Gasteiger partial charge in [-0.1, -0.05) is 12.1 Å². The molecule has 34 heavy (non-hydrogen) atoms. The van der Waals surface area contributed by atoms with E-state index >= 15 is 0 Å². The number of nitrogens with zero attached hydrogens (tertiary/aromatic N) is 4. The predicted molar refractivity (Wildman–Crippen MR) is 125 cm³/mol. The molecule has 4 aromatic rings. The minimum Gasteiger partial charge on any atom is -0.348 e. The van der Waals surface area contributed by atoms with Crippen LogP contribution in [0.1, 0.15) is 32.0 Å². The first kappa shape index (κ1) is 22.3. The van der Waals surface area contributed by atoms with E-state index in [2.05, 4.69) is 20.7 Å². The van der Waals surface area contributed by atoms with Crippen LogP contribution in [-0.4, -0.2) is 31.5 Å². The Bertz CT molecular complexity index is 1350. The summed E-state index contributed by atoms with van der Waals surface area (Å²) in [5.41, 5.74) is 2.64. The molecule has 0 bridgehead atoms. The van der Waals surface area contributed by atoms with E-state index in [9.17, 15) is 19.7 Å². The maximum absolute atomic E-state index is 12.7. The maximum atomic E-state index is 12.7. The van der Waals surface area contributed by atoms with Crippen molar-refractivity contribution in [1.82, 2.24) is 20.1 Å². The molecule has 4 rings (SSSR count). The van der Waals surface area contributed by atoms with Crippen molar-refractivity contribution in [3.63, 3.8) is 0 Å². The predicted octanol–water partition coefficient (Wildman–Crippen LogP) is 3.67. The lowest BCUT2D eigenvalue weighted by Crippen LogP contribution is -2.22. The van der Waals surface area contributed by atoms with Crippen molar-refractivity contribution in [3.05, 3.63) is 112 Å². The molecule has 10 nitrogen and oxygen atoms in total. The summed E-state index contributed by atoms with van der Waals surface area (Å²) in [6.45, 7) is 2.14. The van der Waals surface area contributed by atoms with E-state index in [-0.39, 0.29) is 17.2 Å². The van der Waals surface area contributed by atoms with Crippen LogP contribution in [0, 0.1) is 17.0 Å². The summed E-state index contributed by atoms with van der Waals surface area (Å²) in [5, 5.41) is 21.0. The molecular formula is C24H20N6O4. The summed E-state index contributed by atoms with van der Waals surface area (Å²) in [7, 11) is 0. The lowest BCUT2D eigenvalue weighted by Gasteiger charge is -2.10. The Kier molecular flexibility index (Phi) is 6.40. The van der Waals surface area contributed by atoms with Gasteiger partial charge in [0.05, 0.1) is 16.3 Å². The number of nitrogens with one attached hydrogen (secondary N) is 2. The summed E-state index contributed by atoms with van der Waals surface area (Å²) in [6, 6.07) is 17.6. The van der Waals surface area contributed by atoms with Crippen LogP contribution in [0.3, 0.4) is 0 Å². The number of non-ortho nitro benzene ring substituents is 1. The fourth-order valence-corrected chi connectivity index (χ4v) is 3.28. The van der Waals surface area contributed by atoms with Crippen LogP contribution < -0.4 is 10.6 Å². The molecule has 2 aromatic heterocycles. The van der Waals surface area contributed by atoms with E-state index in [1.54, 1.807) is 55.7 Å². The number of aryl methyl sites for hydroxylation is 1. The van der Waals surface area contributed by atoms with Crippen molar-refractivity contribution in [2.45, 2.75) is 13.5 Å². The molecule has 0 saturated carbocycles. The van der Waals surface area contributed by atoms with Crippen LogP contribution >= 0.6 is 0 Å². The highest BCUT2D eigenvalue weighted by atomic mass is 16.6. The van der Waals surface area contributed by atoms with Gasteiger partial charge in [-0.2, -0.15) is 5.10 Å². The minimum absolute atomic E-state index is 0.153. The van der Waals surface area contributed by atoms with Gasteiger partial charge in [0.25, 0.3) is 17.5 Å². The molecule has 0 aliphatic rings. The number of anilines is 1. The SMILES string of the molecule is Cc1cc(NC(=O)c2cccc([N+](=O)[O-])c2)n(-c2ccc(C(=O)NCc3cccnc3)cc2)n1. The zero-order valence-electron chi connectivity index (χ0n) is 18.1. The monoisotopic (exact) mass is 456 g/mol. The Morgan fingerprint density at radius 1 is 1.00 bits per heavy atom. The first-order valence-corrected chi connectivity index (χ1v) is 10.3. The van der Waals surface area contributed by atoms with E-state index in [0.717, 1.165) is 5.56 Å². The Hall–Kier alpha value is -4.86. The van der Waals surface area contributed by atoms with Crippen molar-refractivity contribution in [3.8, 4) is 5.69 Å². The van der Waals surface area contributed by atoms with Crippen molar-refractivity contribution in [2.24, 2.45) is 0 Å². The molecule has 2 heterocycles. The highest BCUT2D eigenvalue weighted by molar-refractivity contribution is 6.04. The lowest BCUT2D eigenvalue weighted by molar-refractivity contribution is -0.384. The number of hydrogen-bond acceptors (Lipinski definition) is 6. The summed E-state index contributed by atoms with van der Waals surface area (Å²) in [6.07, 6.45) is 3.36. The molecule has 170 valence electrons.